The smallest absolute Gasteiger partial charge is 0.307 e. The number of carbonyl (C=O) groups is 1. The third kappa shape index (κ3) is 2.11. The van der Waals surface area contributed by atoms with Crippen LogP contribution in [-0.4, -0.2) is 11.1 Å². The van der Waals surface area contributed by atoms with E-state index < -0.39 is 5.97 Å². The third-order valence-electron chi connectivity index (χ3n) is 3.53. The molecule has 1 aliphatic carbocycles. The first kappa shape index (κ1) is 11.2. The van der Waals surface area contributed by atoms with Gasteiger partial charge in [0.2, 0.25) is 0 Å². The van der Waals surface area contributed by atoms with Crippen LogP contribution < -0.4 is 0 Å². The van der Waals surface area contributed by atoms with Crippen LogP contribution in [0.5, 0.6) is 0 Å². The fraction of sp³-hybridized carbons (Fsp3) is 0.500. The molecule has 0 heterocycles. The number of carboxylic acid groups (broad SMARTS) is 1. The molecule has 1 fully saturated rings. The Kier molecular flexibility index (Phi) is 2.99. The van der Waals surface area contributed by atoms with Crippen molar-refractivity contribution in [2.45, 2.75) is 26.2 Å². The summed E-state index contributed by atoms with van der Waals surface area (Å²) in [5.74, 6) is 0.185. The number of hydrogen-bond donors (Lipinski definition) is 1. The molecule has 3 atom stereocenters. The fourth-order valence-corrected chi connectivity index (χ4v) is 2.66. The molecule has 1 saturated carbocycles. The number of carboxylic acids is 1. The number of hydrogen-bond acceptors (Lipinski definition) is 1. The van der Waals surface area contributed by atoms with Gasteiger partial charge in [0.1, 0.15) is 0 Å². The lowest BCUT2D eigenvalue weighted by molar-refractivity contribution is -0.144. The lowest BCUT2D eigenvalue weighted by Crippen LogP contribution is -2.22. The van der Waals surface area contributed by atoms with Gasteiger partial charge in [-0.15, -0.1) is 0 Å². The number of aliphatic carboxylic acids is 1. The van der Waals surface area contributed by atoms with E-state index in [0.717, 1.165) is 6.42 Å². The summed E-state index contributed by atoms with van der Waals surface area (Å²) < 4.78 is 0. The quantitative estimate of drug-likeness (QED) is 0.843. The molecular formula is C14H18O2. The van der Waals surface area contributed by atoms with Crippen molar-refractivity contribution in [1.29, 1.82) is 0 Å². The van der Waals surface area contributed by atoms with Crippen molar-refractivity contribution in [3.63, 3.8) is 0 Å². The van der Waals surface area contributed by atoms with E-state index in [0.29, 0.717) is 11.8 Å². The summed E-state index contributed by atoms with van der Waals surface area (Å²) in [7, 11) is 0. The molecule has 1 aromatic carbocycles. The Morgan fingerprint density at radius 1 is 1.31 bits per heavy atom. The van der Waals surface area contributed by atoms with Crippen LogP contribution in [0.1, 0.15) is 31.7 Å². The van der Waals surface area contributed by atoms with Crippen LogP contribution in [0.2, 0.25) is 0 Å². The molecule has 0 radical (unpaired) electrons. The summed E-state index contributed by atoms with van der Waals surface area (Å²) in [4.78, 5) is 11.2. The van der Waals surface area contributed by atoms with Crippen LogP contribution in [0.3, 0.4) is 0 Å². The Balaban J connectivity index is 2.08. The van der Waals surface area contributed by atoms with Crippen molar-refractivity contribution >= 4 is 5.97 Å². The van der Waals surface area contributed by atoms with Gasteiger partial charge in [-0.2, -0.15) is 0 Å². The molecule has 2 rings (SSSR count). The summed E-state index contributed by atoms with van der Waals surface area (Å²) in [6.45, 7) is 4.00. The normalized spacial score (nSPS) is 25.4. The Morgan fingerprint density at radius 2 is 1.94 bits per heavy atom. The minimum atomic E-state index is -0.640. The maximum absolute atomic E-state index is 11.2. The lowest BCUT2D eigenvalue weighted by atomic mass is 9.89. The van der Waals surface area contributed by atoms with E-state index in [4.69, 9.17) is 0 Å². The predicted molar refractivity (Wildman–Crippen MR) is 63.3 cm³/mol. The lowest BCUT2D eigenvalue weighted by Gasteiger charge is -2.15. The van der Waals surface area contributed by atoms with E-state index in [1.54, 1.807) is 0 Å². The summed E-state index contributed by atoms with van der Waals surface area (Å²) >= 11 is 0. The van der Waals surface area contributed by atoms with Crippen LogP contribution in [0.15, 0.2) is 30.3 Å². The zero-order valence-electron chi connectivity index (χ0n) is 9.76. The number of benzene rings is 1. The van der Waals surface area contributed by atoms with Crippen molar-refractivity contribution in [1.82, 2.24) is 0 Å². The molecule has 0 bridgehead atoms. The zero-order valence-corrected chi connectivity index (χ0v) is 9.76. The molecule has 1 aromatic rings. The molecule has 0 saturated heterocycles. The summed E-state index contributed by atoms with van der Waals surface area (Å²) in [5.41, 5.74) is 1.29. The SMILES string of the molecule is CC(C)C(C(=O)O)C1CC1c1ccccc1. The molecule has 1 N–H and O–H groups in total. The van der Waals surface area contributed by atoms with Crippen LogP contribution >= 0.6 is 0 Å². The zero-order chi connectivity index (χ0) is 11.7. The van der Waals surface area contributed by atoms with Crippen LogP contribution in [0.25, 0.3) is 0 Å². The van der Waals surface area contributed by atoms with Crippen molar-refractivity contribution in [3.05, 3.63) is 35.9 Å². The molecule has 86 valence electrons. The predicted octanol–water partition coefficient (Wildman–Crippen LogP) is 3.15. The van der Waals surface area contributed by atoms with E-state index in [1.165, 1.54) is 5.56 Å². The van der Waals surface area contributed by atoms with Gasteiger partial charge in [0, 0.05) is 0 Å². The molecular weight excluding hydrogens is 200 g/mol. The highest BCUT2D eigenvalue weighted by Crippen LogP contribution is 2.53. The molecule has 0 aromatic heterocycles. The van der Waals surface area contributed by atoms with Gasteiger partial charge < -0.3 is 5.11 Å². The average Bonchev–Trinajstić information content (AvgIpc) is 2.98. The molecule has 0 spiro atoms. The maximum Gasteiger partial charge on any atom is 0.307 e. The fourth-order valence-electron chi connectivity index (χ4n) is 2.66. The minimum absolute atomic E-state index is 0.190. The van der Waals surface area contributed by atoms with Crippen LogP contribution in [0.4, 0.5) is 0 Å². The van der Waals surface area contributed by atoms with E-state index in [1.807, 2.05) is 32.0 Å². The van der Waals surface area contributed by atoms with Crippen molar-refractivity contribution < 1.29 is 9.90 Å². The van der Waals surface area contributed by atoms with Gasteiger partial charge >= 0.3 is 5.97 Å². The molecule has 0 aliphatic heterocycles. The first-order valence-electron chi connectivity index (χ1n) is 5.89. The average molecular weight is 218 g/mol. The Hall–Kier alpha value is -1.31. The summed E-state index contributed by atoms with van der Waals surface area (Å²) in [5, 5.41) is 9.22. The second kappa shape index (κ2) is 4.28. The van der Waals surface area contributed by atoms with Gasteiger partial charge in [-0.3, -0.25) is 4.79 Å². The second-order valence-corrected chi connectivity index (χ2v) is 5.02. The van der Waals surface area contributed by atoms with E-state index in [-0.39, 0.29) is 11.8 Å². The molecule has 16 heavy (non-hydrogen) atoms. The van der Waals surface area contributed by atoms with Crippen molar-refractivity contribution in [3.8, 4) is 0 Å². The monoisotopic (exact) mass is 218 g/mol. The Labute approximate surface area is 96.3 Å². The summed E-state index contributed by atoms with van der Waals surface area (Å²) in [6.07, 6.45) is 1.03. The van der Waals surface area contributed by atoms with E-state index >= 15 is 0 Å². The standard InChI is InChI=1S/C14H18O2/c1-9(2)13(14(15)16)12-8-11(12)10-6-4-3-5-7-10/h3-7,9,11-13H,8H2,1-2H3,(H,15,16). The highest BCUT2D eigenvalue weighted by atomic mass is 16.4. The van der Waals surface area contributed by atoms with Crippen LogP contribution in [0, 0.1) is 17.8 Å². The maximum atomic E-state index is 11.2. The second-order valence-electron chi connectivity index (χ2n) is 5.02. The Bertz CT molecular complexity index is 370. The van der Waals surface area contributed by atoms with E-state index in [9.17, 15) is 9.90 Å². The molecule has 2 heteroatoms. The van der Waals surface area contributed by atoms with Gasteiger partial charge in [-0.1, -0.05) is 44.2 Å². The van der Waals surface area contributed by atoms with Crippen molar-refractivity contribution in [2.24, 2.45) is 17.8 Å². The minimum Gasteiger partial charge on any atom is -0.481 e. The highest BCUT2D eigenvalue weighted by Gasteiger charge is 2.47. The largest absolute Gasteiger partial charge is 0.481 e. The molecule has 0 amide bonds. The van der Waals surface area contributed by atoms with Gasteiger partial charge in [0.25, 0.3) is 0 Å². The molecule has 1 aliphatic rings. The topological polar surface area (TPSA) is 37.3 Å². The number of rotatable bonds is 4. The Morgan fingerprint density at radius 3 is 2.44 bits per heavy atom. The van der Waals surface area contributed by atoms with Gasteiger partial charge in [-0.05, 0) is 29.7 Å². The van der Waals surface area contributed by atoms with Gasteiger partial charge in [0.15, 0.2) is 0 Å². The third-order valence-corrected chi connectivity index (χ3v) is 3.53. The van der Waals surface area contributed by atoms with Crippen LogP contribution in [-0.2, 0) is 4.79 Å². The molecule has 2 nitrogen and oxygen atoms in total. The summed E-state index contributed by atoms with van der Waals surface area (Å²) in [6, 6.07) is 10.2. The van der Waals surface area contributed by atoms with Crippen molar-refractivity contribution in [2.75, 3.05) is 0 Å². The highest BCUT2D eigenvalue weighted by molar-refractivity contribution is 5.71. The van der Waals surface area contributed by atoms with Gasteiger partial charge in [0.05, 0.1) is 5.92 Å². The van der Waals surface area contributed by atoms with E-state index in [2.05, 4.69) is 12.1 Å². The first-order chi connectivity index (χ1) is 7.61. The van der Waals surface area contributed by atoms with Gasteiger partial charge in [-0.25, -0.2) is 0 Å². The first-order valence-corrected chi connectivity index (χ1v) is 5.89. The molecule has 3 unspecified atom stereocenters.